The van der Waals surface area contributed by atoms with Crippen LogP contribution in [0.4, 0.5) is 0 Å². The van der Waals surface area contributed by atoms with E-state index in [4.69, 9.17) is 16.7 Å². The number of aromatic nitrogens is 1. The van der Waals surface area contributed by atoms with Gasteiger partial charge < -0.3 is 10.4 Å². The third-order valence-electron chi connectivity index (χ3n) is 3.43. The largest absolute Gasteiger partial charge is 0.481 e. The highest BCUT2D eigenvalue weighted by Crippen LogP contribution is 2.21. The third kappa shape index (κ3) is 4.53. The predicted molar refractivity (Wildman–Crippen MR) is 87.6 cm³/mol. The molecule has 1 aromatic heterocycles. The van der Waals surface area contributed by atoms with Crippen LogP contribution in [0.15, 0.2) is 36.4 Å². The number of carbonyl (C=O) groups is 2. The van der Waals surface area contributed by atoms with E-state index < -0.39 is 12.0 Å². The normalized spacial score (nSPS) is 11.8. The fourth-order valence-corrected chi connectivity index (χ4v) is 2.64. The molecule has 0 spiro atoms. The second-order valence-electron chi connectivity index (χ2n) is 5.30. The zero-order chi connectivity index (χ0) is 17.0. The molecule has 1 heterocycles. The summed E-state index contributed by atoms with van der Waals surface area (Å²) in [4.78, 5) is 27.6. The summed E-state index contributed by atoms with van der Waals surface area (Å²) in [5.74, 6) is -1.37. The number of pyridine rings is 1. The number of amides is 1. The predicted octanol–water partition coefficient (Wildman–Crippen LogP) is 3.30. The maximum atomic E-state index is 12.4. The van der Waals surface area contributed by atoms with Crippen LogP contribution < -0.4 is 5.32 Å². The van der Waals surface area contributed by atoms with Crippen LogP contribution in [0.3, 0.4) is 0 Å². The smallest absolute Gasteiger partial charge is 0.305 e. The van der Waals surface area contributed by atoms with Crippen molar-refractivity contribution in [3.63, 3.8) is 0 Å². The SMILES string of the molecule is Cc1cc(C(=O)N[C@@H](CC(=O)O)c2ccccc2C)cc(Cl)n1. The van der Waals surface area contributed by atoms with E-state index in [1.165, 1.54) is 6.07 Å². The van der Waals surface area contributed by atoms with Crippen LogP contribution >= 0.6 is 11.6 Å². The van der Waals surface area contributed by atoms with E-state index in [0.717, 1.165) is 11.1 Å². The van der Waals surface area contributed by atoms with Gasteiger partial charge in [-0.25, -0.2) is 4.98 Å². The highest BCUT2D eigenvalue weighted by molar-refractivity contribution is 6.29. The van der Waals surface area contributed by atoms with E-state index >= 15 is 0 Å². The molecule has 1 atom stereocenters. The van der Waals surface area contributed by atoms with Crippen molar-refractivity contribution in [3.05, 3.63) is 63.9 Å². The van der Waals surface area contributed by atoms with Gasteiger partial charge in [-0.2, -0.15) is 0 Å². The van der Waals surface area contributed by atoms with E-state index in [-0.39, 0.29) is 17.5 Å². The molecule has 0 aliphatic heterocycles. The van der Waals surface area contributed by atoms with Crippen molar-refractivity contribution < 1.29 is 14.7 Å². The summed E-state index contributed by atoms with van der Waals surface area (Å²) < 4.78 is 0. The van der Waals surface area contributed by atoms with Gasteiger partial charge >= 0.3 is 5.97 Å². The van der Waals surface area contributed by atoms with Crippen LogP contribution in [0.25, 0.3) is 0 Å². The van der Waals surface area contributed by atoms with Crippen LogP contribution in [0, 0.1) is 13.8 Å². The number of halogens is 1. The number of carboxylic acids is 1. The average Bonchev–Trinajstić information content (AvgIpc) is 2.45. The minimum atomic E-state index is -0.984. The van der Waals surface area contributed by atoms with Crippen molar-refractivity contribution in [2.45, 2.75) is 26.3 Å². The van der Waals surface area contributed by atoms with Gasteiger partial charge in [-0.05, 0) is 37.1 Å². The Morgan fingerprint density at radius 2 is 1.96 bits per heavy atom. The van der Waals surface area contributed by atoms with Gasteiger partial charge in [0.1, 0.15) is 5.15 Å². The molecule has 0 aliphatic carbocycles. The molecule has 120 valence electrons. The van der Waals surface area contributed by atoms with Crippen LogP contribution in [0.2, 0.25) is 5.15 Å². The lowest BCUT2D eigenvalue weighted by Gasteiger charge is -2.19. The first-order valence-electron chi connectivity index (χ1n) is 7.09. The van der Waals surface area contributed by atoms with Gasteiger partial charge in [-0.1, -0.05) is 35.9 Å². The Morgan fingerprint density at radius 1 is 1.26 bits per heavy atom. The summed E-state index contributed by atoms with van der Waals surface area (Å²) in [6.07, 6.45) is -0.200. The van der Waals surface area contributed by atoms with E-state index in [0.29, 0.717) is 11.3 Å². The summed E-state index contributed by atoms with van der Waals surface area (Å²) in [5.41, 5.74) is 2.67. The number of carboxylic acid groups (broad SMARTS) is 1. The lowest BCUT2D eigenvalue weighted by Crippen LogP contribution is -2.30. The number of nitrogens with one attached hydrogen (secondary N) is 1. The van der Waals surface area contributed by atoms with Gasteiger partial charge in [0, 0.05) is 11.3 Å². The Hall–Kier alpha value is -2.40. The van der Waals surface area contributed by atoms with Crippen molar-refractivity contribution in [1.29, 1.82) is 0 Å². The van der Waals surface area contributed by atoms with Crippen LogP contribution in [0.1, 0.15) is 39.6 Å². The molecule has 23 heavy (non-hydrogen) atoms. The molecule has 5 nitrogen and oxygen atoms in total. The number of rotatable bonds is 5. The van der Waals surface area contributed by atoms with E-state index in [1.54, 1.807) is 13.0 Å². The van der Waals surface area contributed by atoms with E-state index in [2.05, 4.69) is 10.3 Å². The summed E-state index contributed by atoms with van der Waals surface area (Å²) in [7, 11) is 0. The van der Waals surface area contributed by atoms with Crippen LogP contribution in [-0.4, -0.2) is 22.0 Å². The first-order valence-corrected chi connectivity index (χ1v) is 7.47. The first-order chi connectivity index (χ1) is 10.9. The highest BCUT2D eigenvalue weighted by Gasteiger charge is 2.20. The summed E-state index contributed by atoms with van der Waals surface area (Å²) in [5, 5.41) is 12.1. The summed E-state index contributed by atoms with van der Waals surface area (Å²) >= 11 is 5.87. The third-order valence-corrected chi connectivity index (χ3v) is 3.63. The van der Waals surface area contributed by atoms with Gasteiger partial charge in [0.05, 0.1) is 12.5 Å². The van der Waals surface area contributed by atoms with E-state index in [1.807, 2.05) is 31.2 Å². The Balaban J connectivity index is 2.29. The topological polar surface area (TPSA) is 79.3 Å². The average molecular weight is 333 g/mol. The minimum absolute atomic E-state index is 0.200. The summed E-state index contributed by atoms with van der Waals surface area (Å²) in [6.45, 7) is 3.61. The maximum absolute atomic E-state index is 12.4. The fraction of sp³-hybridized carbons (Fsp3) is 0.235. The molecule has 0 aliphatic rings. The molecule has 2 N–H and O–H groups in total. The lowest BCUT2D eigenvalue weighted by atomic mass is 9.98. The van der Waals surface area contributed by atoms with E-state index in [9.17, 15) is 9.59 Å². The number of aryl methyl sites for hydroxylation is 2. The number of hydrogen-bond acceptors (Lipinski definition) is 3. The molecule has 0 radical (unpaired) electrons. The fourth-order valence-electron chi connectivity index (χ4n) is 2.39. The van der Waals surface area contributed by atoms with Crippen LogP contribution in [0.5, 0.6) is 0 Å². The number of aliphatic carboxylic acids is 1. The van der Waals surface area contributed by atoms with Crippen molar-refractivity contribution in [3.8, 4) is 0 Å². The molecule has 0 unspecified atom stereocenters. The Kier molecular flexibility index (Phi) is 5.34. The molecule has 2 rings (SSSR count). The first kappa shape index (κ1) is 17.0. The monoisotopic (exact) mass is 332 g/mol. The Morgan fingerprint density at radius 3 is 2.57 bits per heavy atom. The Labute approximate surface area is 139 Å². The molecule has 1 aromatic carbocycles. The molecule has 2 aromatic rings. The zero-order valence-electron chi connectivity index (χ0n) is 12.8. The van der Waals surface area contributed by atoms with Crippen molar-refractivity contribution in [2.75, 3.05) is 0 Å². The van der Waals surface area contributed by atoms with Crippen LogP contribution in [-0.2, 0) is 4.79 Å². The number of nitrogens with zero attached hydrogens (tertiary/aromatic N) is 1. The van der Waals surface area contributed by atoms with Crippen molar-refractivity contribution in [1.82, 2.24) is 10.3 Å². The van der Waals surface area contributed by atoms with Gasteiger partial charge in [0.2, 0.25) is 0 Å². The Bertz CT molecular complexity index is 726. The zero-order valence-corrected chi connectivity index (χ0v) is 13.6. The second kappa shape index (κ2) is 7.24. The van der Waals surface area contributed by atoms with Gasteiger partial charge in [0.15, 0.2) is 0 Å². The molecular formula is C17H17ClN2O3. The second-order valence-corrected chi connectivity index (χ2v) is 5.69. The minimum Gasteiger partial charge on any atom is -0.481 e. The standard InChI is InChI=1S/C17H17ClN2O3/c1-10-5-3-4-6-13(10)14(9-16(21)22)20-17(23)12-7-11(2)19-15(18)8-12/h3-8,14H,9H2,1-2H3,(H,20,23)(H,21,22)/t14-/m0/s1. The number of hydrogen-bond donors (Lipinski definition) is 2. The quantitative estimate of drug-likeness (QED) is 0.823. The van der Waals surface area contributed by atoms with Gasteiger partial charge in [-0.3, -0.25) is 9.59 Å². The van der Waals surface area contributed by atoms with Crippen molar-refractivity contribution in [2.24, 2.45) is 0 Å². The number of carbonyl (C=O) groups excluding carboxylic acids is 1. The molecule has 6 heteroatoms. The number of benzene rings is 1. The molecule has 0 saturated heterocycles. The highest BCUT2D eigenvalue weighted by atomic mass is 35.5. The molecule has 0 bridgehead atoms. The molecular weight excluding hydrogens is 316 g/mol. The molecule has 1 amide bonds. The van der Waals surface area contributed by atoms with Crippen molar-refractivity contribution >= 4 is 23.5 Å². The maximum Gasteiger partial charge on any atom is 0.305 e. The summed E-state index contributed by atoms with van der Waals surface area (Å²) in [6, 6.07) is 9.82. The van der Waals surface area contributed by atoms with Gasteiger partial charge in [0.25, 0.3) is 5.91 Å². The molecule has 0 saturated carbocycles. The van der Waals surface area contributed by atoms with Gasteiger partial charge in [-0.15, -0.1) is 0 Å². The molecule has 0 fully saturated rings. The lowest BCUT2D eigenvalue weighted by molar-refractivity contribution is -0.137.